The zero-order valence-electron chi connectivity index (χ0n) is 16.7. The van der Waals surface area contributed by atoms with E-state index in [9.17, 15) is 14.4 Å². The lowest BCUT2D eigenvalue weighted by Gasteiger charge is -2.22. The zero-order chi connectivity index (χ0) is 20.7. The summed E-state index contributed by atoms with van der Waals surface area (Å²) in [5.41, 5.74) is 2.97. The number of carbonyl (C=O) groups excluding carboxylic acids is 3. The maximum absolute atomic E-state index is 12.3. The Balaban J connectivity index is 1.99. The van der Waals surface area contributed by atoms with Gasteiger partial charge in [0.15, 0.2) is 0 Å². The summed E-state index contributed by atoms with van der Waals surface area (Å²) in [6.07, 6.45) is 0.152. The average molecular weight is 382 g/mol. The molecule has 2 rings (SSSR count). The van der Waals surface area contributed by atoms with Crippen molar-refractivity contribution < 1.29 is 14.4 Å². The number of carbonyl (C=O) groups is 3. The van der Waals surface area contributed by atoms with Crippen LogP contribution in [0.3, 0.4) is 0 Å². The quantitative estimate of drug-likeness (QED) is 0.771. The van der Waals surface area contributed by atoms with Gasteiger partial charge in [-0.25, -0.2) is 0 Å². The van der Waals surface area contributed by atoms with E-state index in [0.29, 0.717) is 11.4 Å². The third-order valence-electron chi connectivity index (χ3n) is 4.09. The fourth-order valence-electron chi connectivity index (χ4n) is 2.71. The van der Waals surface area contributed by atoms with E-state index in [1.807, 2.05) is 43.3 Å². The van der Waals surface area contributed by atoms with Gasteiger partial charge in [-0.05, 0) is 42.5 Å². The fraction of sp³-hybridized carbons (Fsp3) is 0.286. The first-order valence-electron chi connectivity index (χ1n) is 8.99. The molecule has 28 heavy (non-hydrogen) atoms. The van der Waals surface area contributed by atoms with Crippen LogP contribution in [0.4, 0.5) is 22.7 Å². The lowest BCUT2D eigenvalue weighted by atomic mass is 10.2. The summed E-state index contributed by atoms with van der Waals surface area (Å²) in [5.74, 6) is -0.518. The molecular formula is C21H26N4O3. The second kappa shape index (κ2) is 9.55. The molecule has 0 saturated carbocycles. The van der Waals surface area contributed by atoms with E-state index in [2.05, 4.69) is 10.6 Å². The minimum absolute atomic E-state index is 0.127. The summed E-state index contributed by atoms with van der Waals surface area (Å²) in [7, 11) is 3.89. The topological polar surface area (TPSA) is 81.8 Å². The van der Waals surface area contributed by atoms with E-state index in [-0.39, 0.29) is 30.7 Å². The van der Waals surface area contributed by atoms with Gasteiger partial charge in [-0.3, -0.25) is 14.4 Å². The normalized spacial score (nSPS) is 10.1. The second-order valence-electron chi connectivity index (χ2n) is 6.64. The van der Waals surface area contributed by atoms with Crippen molar-refractivity contribution in [1.82, 2.24) is 0 Å². The minimum Gasteiger partial charge on any atom is -0.378 e. The van der Waals surface area contributed by atoms with E-state index in [4.69, 9.17) is 0 Å². The predicted molar refractivity (Wildman–Crippen MR) is 113 cm³/mol. The third kappa shape index (κ3) is 6.12. The molecule has 2 aromatic rings. The van der Waals surface area contributed by atoms with Crippen molar-refractivity contribution >= 4 is 40.5 Å². The van der Waals surface area contributed by atoms with Crippen LogP contribution < -0.4 is 20.4 Å². The van der Waals surface area contributed by atoms with Crippen LogP contribution in [0.2, 0.25) is 0 Å². The largest absolute Gasteiger partial charge is 0.378 e. The van der Waals surface area contributed by atoms with Crippen molar-refractivity contribution in [2.75, 3.05) is 41.1 Å². The molecule has 148 valence electrons. The van der Waals surface area contributed by atoms with Crippen molar-refractivity contribution in [2.24, 2.45) is 0 Å². The van der Waals surface area contributed by atoms with Gasteiger partial charge in [0.2, 0.25) is 17.7 Å². The van der Waals surface area contributed by atoms with Gasteiger partial charge in [0.25, 0.3) is 0 Å². The first-order valence-corrected chi connectivity index (χ1v) is 8.99. The van der Waals surface area contributed by atoms with Crippen LogP contribution in [0.15, 0.2) is 48.5 Å². The van der Waals surface area contributed by atoms with Gasteiger partial charge in [0, 0.05) is 63.7 Å². The molecule has 0 spiro atoms. The number of rotatable bonds is 7. The van der Waals surface area contributed by atoms with Crippen LogP contribution >= 0.6 is 0 Å². The van der Waals surface area contributed by atoms with Crippen molar-refractivity contribution in [3.63, 3.8) is 0 Å². The van der Waals surface area contributed by atoms with Crippen LogP contribution in [0.1, 0.15) is 20.3 Å². The lowest BCUT2D eigenvalue weighted by Crippen LogP contribution is -2.32. The highest BCUT2D eigenvalue weighted by atomic mass is 16.2. The highest BCUT2D eigenvalue weighted by Crippen LogP contribution is 2.20. The fourth-order valence-corrected chi connectivity index (χ4v) is 2.71. The van der Waals surface area contributed by atoms with Crippen LogP contribution in [0, 0.1) is 0 Å². The van der Waals surface area contributed by atoms with Crippen LogP contribution in [0.5, 0.6) is 0 Å². The van der Waals surface area contributed by atoms with Gasteiger partial charge in [-0.1, -0.05) is 6.07 Å². The summed E-state index contributed by atoms with van der Waals surface area (Å²) in [4.78, 5) is 39.0. The number of hydrogen-bond donors (Lipinski definition) is 2. The van der Waals surface area contributed by atoms with E-state index in [1.165, 1.54) is 13.8 Å². The van der Waals surface area contributed by atoms with Gasteiger partial charge >= 0.3 is 0 Å². The van der Waals surface area contributed by atoms with Gasteiger partial charge in [-0.2, -0.15) is 0 Å². The van der Waals surface area contributed by atoms with Crippen molar-refractivity contribution in [3.8, 4) is 0 Å². The molecule has 2 aromatic carbocycles. The van der Waals surface area contributed by atoms with Gasteiger partial charge in [0.05, 0.1) is 0 Å². The Morgan fingerprint density at radius 3 is 1.96 bits per heavy atom. The molecule has 2 N–H and O–H groups in total. The maximum atomic E-state index is 12.3. The molecule has 0 aliphatic heterocycles. The van der Waals surface area contributed by atoms with Crippen LogP contribution in [0.25, 0.3) is 0 Å². The monoisotopic (exact) mass is 382 g/mol. The predicted octanol–water partition coefficient (Wildman–Crippen LogP) is 3.09. The van der Waals surface area contributed by atoms with Crippen molar-refractivity contribution in [1.29, 1.82) is 0 Å². The molecule has 0 aliphatic rings. The Kier molecular flexibility index (Phi) is 7.14. The molecule has 0 saturated heterocycles. The highest BCUT2D eigenvalue weighted by Gasteiger charge is 2.14. The maximum Gasteiger partial charge on any atom is 0.226 e. The molecule has 7 heteroatoms. The summed E-state index contributed by atoms with van der Waals surface area (Å²) in [6, 6.07) is 14.5. The standard InChI is InChI=1S/C21H26N4O3/c1-15(26)22-17-6-5-7-18(14-17)23-21(28)12-13-25(16(2)27)20-10-8-19(9-11-20)24(3)4/h5-11,14H,12-13H2,1-4H3,(H,22,26)(H,23,28). The Morgan fingerprint density at radius 1 is 0.857 bits per heavy atom. The van der Waals surface area contributed by atoms with E-state index >= 15 is 0 Å². The van der Waals surface area contributed by atoms with Gasteiger partial charge in [-0.15, -0.1) is 0 Å². The Labute approximate surface area is 165 Å². The Morgan fingerprint density at radius 2 is 1.43 bits per heavy atom. The second-order valence-corrected chi connectivity index (χ2v) is 6.64. The minimum atomic E-state index is -0.212. The Bertz CT molecular complexity index is 847. The van der Waals surface area contributed by atoms with Crippen LogP contribution in [-0.4, -0.2) is 38.4 Å². The Hall–Kier alpha value is -3.35. The van der Waals surface area contributed by atoms with Gasteiger partial charge in [0.1, 0.15) is 0 Å². The summed E-state index contributed by atoms with van der Waals surface area (Å²) in [6.45, 7) is 3.18. The lowest BCUT2D eigenvalue weighted by molar-refractivity contribution is -0.117. The molecule has 0 unspecified atom stereocenters. The molecule has 0 heterocycles. The molecule has 0 atom stereocenters. The van der Waals surface area contributed by atoms with Crippen molar-refractivity contribution in [2.45, 2.75) is 20.3 Å². The van der Waals surface area contributed by atoms with E-state index in [1.54, 1.807) is 29.2 Å². The number of hydrogen-bond acceptors (Lipinski definition) is 4. The summed E-state index contributed by atoms with van der Waals surface area (Å²) < 4.78 is 0. The van der Waals surface area contributed by atoms with Crippen molar-refractivity contribution in [3.05, 3.63) is 48.5 Å². The average Bonchev–Trinajstić information content (AvgIpc) is 2.61. The molecule has 3 amide bonds. The number of anilines is 4. The van der Waals surface area contributed by atoms with E-state index < -0.39 is 0 Å². The van der Waals surface area contributed by atoms with Crippen LogP contribution in [-0.2, 0) is 14.4 Å². The molecule has 0 radical (unpaired) electrons. The molecular weight excluding hydrogens is 356 g/mol. The molecule has 0 aliphatic carbocycles. The summed E-state index contributed by atoms with van der Waals surface area (Å²) >= 11 is 0. The third-order valence-corrected chi connectivity index (χ3v) is 4.09. The molecule has 0 fully saturated rings. The smallest absolute Gasteiger partial charge is 0.226 e. The van der Waals surface area contributed by atoms with E-state index in [0.717, 1.165) is 11.4 Å². The number of nitrogens with one attached hydrogen (secondary N) is 2. The number of nitrogens with zero attached hydrogens (tertiary/aromatic N) is 2. The first-order chi connectivity index (χ1) is 13.3. The highest BCUT2D eigenvalue weighted by molar-refractivity contribution is 5.95. The zero-order valence-corrected chi connectivity index (χ0v) is 16.7. The first kappa shape index (κ1) is 21.0. The molecule has 0 aromatic heterocycles. The summed E-state index contributed by atoms with van der Waals surface area (Å²) in [5, 5.41) is 5.46. The van der Waals surface area contributed by atoms with Gasteiger partial charge < -0.3 is 20.4 Å². The molecule has 7 nitrogen and oxygen atoms in total. The number of amides is 3. The number of benzene rings is 2. The SMILES string of the molecule is CC(=O)Nc1cccc(NC(=O)CCN(C(C)=O)c2ccc(N(C)C)cc2)c1. The molecule has 0 bridgehead atoms.